The highest BCUT2D eigenvalue weighted by atomic mass is 32.1. The molecule has 0 aromatic heterocycles. The van der Waals surface area contributed by atoms with E-state index < -0.39 is 5.97 Å². The number of rotatable bonds is 5. The van der Waals surface area contributed by atoms with Crippen LogP contribution in [-0.2, 0) is 0 Å². The highest BCUT2D eigenvalue weighted by Gasteiger charge is 2.09. The van der Waals surface area contributed by atoms with Crippen LogP contribution in [0.25, 0.3) is 11.1 Å². The number of carboxylic acids is 1. The topological polar surface area (TPSA) is 94.0 Å². The number of para-hydroxylation sites is 1. The molecule has 0 amide bonds. The van der Waals surface area contributed by atoms with Crippen LogP contribution in [0.15, 0.2) is 65.8 Å². The molecule has 0 atom stereocenters. The zero-order chi connectivity index (χ0) is 21.7. The van der Waals surface area contributed by atoms with Gasteiger partial charge in [0.1, 0.15) is 5.75 Å². The summed E-state index contributed by atoms with van der Waals surface area (Å²) in [6, 6.07) is 17.7. The van der Waals surface area contributed by atoms with Crippen molar-refractivity contribution < 1.29 is 15.0 Å². The van der Waals surface area contributed by atoms with Crippen LogP contribution in [0.1, 0.15) is 27.0 Å². The smallest absolute Gasteiger partial charge is 0.335 e. The monoisotopic (exact) mass is 419 g/mol. The molecule has 0 fully saturated rings. The average molecular weight is 420 g/mol. The molecule has 0 aliphatic heterocycles. The molecule has 3 aromatic carbocycles. The van der Waals surface area contributed by atoms with Crippen molar-refractivity contribution in [3.05, 3.63) is 82.9 Å². The summed E-state index contributed by atoms with van der Waals surface area (Å²) in [5.74, 6) is -0.857. The van der Waals surface area contributed by atoms with Gasteiger partial charge in [0.2, 0.25) is 0 Å². The first-order chi connectivity index (χ1) is 14.3. The van der Waals surface area contributed by atoms with E-state index in [1.54, 1.807) is 18.2 Å². The summed E-state index contributed by atoms with van der Waals surface area (Å²) in [6.07, 6.45) is 1.49. The van der Waals surface area contributed by atoms with Gasteiger partial charge in [-0.1, -0.05) is 30.3 Å². The van der Waals surface area contributed by atoms with Gasteiger partial charge in [0.05, 0.1) is 11.8 Å². The van der Waals surface area contributed by atoms with Gasteiger partial charge in [0, 0.05) is 16.8 Å². The molecule has 0 aliphatic rings. The maximum atomic E-state index is 10.9. The van der Waals surface area contributed by atoms with Crippen LogP contribution in [0.3, 0.4) is 0 Å². The Morgan fingerprint density at radius 1 is 1.03 bits per heavy atom. The third-order valence-corrected chi connectivity index (χ3v) is 4.84. The number of phenols is 1. The van der Waals surface area contributed by atoms with Gasteiger partial charge in [-0.3, -0.25) is 5.43 Å². The number of benzene rings is 3. The van der Waals surface area contributed by atoms with Crippen LogP contribution in [-0.4, -0.2) is 27.5 Å². The summed E-state index contributed by atoms with van der Waals surface area (Å²) in [6.45, 7) is 4.08. The van der Waals surface area contributed by atoms with E-state index in [4.69, 9.17) is 17.3 Å². The van der Waals surface area contributed by atoms with Gasteiger partial charge in [0.15, 0.2) is 5.11 Å². The Labute approximate surface area is 179 Å². The fraction of sp³-hybridized carbons (Fsp3) is 0.0870. The van der Waals surface area contributed by atoms with Crippen molar-refractivity contribution >= 4 is 35.2 Å². The molecule has 6 nitrogen and oxygen atoms in total. The number of hydrogen-bond donors (Lipinski definition) is 4. The third-order valence-electron chi connectivity index (χ3n) is 4.64. The highest BCUT2D eigenvalue weighted by Crippen LogP contribution is 2.32. The second-order valence-corrected chi connectivity index (χ2v) is 7.16. The number of aromatic hydroxyl groups is 1. The van der Waals surface area contributed by atoms with Crippen LogP contribution < -0.4 is 10.7 Å². The first kappa shape index (κ1) is 21.0. The lowest BCUT2D eigenvalue weighted by Gasteiger charge is -2.10. The van der Waals surface area contributed by atoms with E-state index in [9.17, 15) is 9.90 Å². The first-order valence-corrected chi connectivity index (χ1v) is 9.59. The number of hydrogen-bond acceptors (Lipinski definition) is 4. The summed E-state index contributed by atoms with van der Waals surface area (Å²) < 4.78 is 0. The molecule has 0 radical (unpaired) electrons. The van der Waals surface area contributed by atoms with Crippen molar-refractivity contribution in [2.24, 2.45) is 5.10 Å². The van der Waals surface area contributed by atoms with E-state index in [-0.39, 0.29) is 16.4 Å². The Morgan fingerprint density at radius 3 is 2.43 bits per heavy atom. The summed E-state index contributed by atoms with van der Waals surface area (Å²) in [5, 5.41) is 26.8. The molecule has 0 heterocycles. The molecule has 0 saturated heterocycles. The quantitative estimate of drug-likeness (QED) is 0.272. The molecule has 3 rings (SSSR count). The van der Waals surface area contributed by atoms with Crippen LogP contribution in [0, 0.1) is 13.8 Å². The van der Waals surface area contributed by atoms with Crippen molar-refractivity contribution in [3.63, 3.8) is 0 Å². The summed E-state index contributed by atoms with van der Waals surface area (Å²) in [5.41, 5.74) is 8.05. The molecule has 0 saturated carbocycles. The normalized spacial score (nSPS) is 10.7. The fourth-order valence-electron chi connectivity index (χ4n) is 2.82. The zero-order valence-corrected chi connectivity index (χ0v) is 17.3. The van der Waals surface area contributed by atoms with Gasteiger partial charge in [-0.2, -0.15) is 5.10 Å². The molecular weight excluding hydrogens is 398 g/mol. The van der Waals surface area contributed by atoms with Gasteiger partial charge in [-0.25, -0.2) is 4.79 Å². The maximum Gasteiger partial charge on any atom is 0.335 e. The molecule has 152 valence electrons. The first-order valence-electron chi connectivity index (χ1n) is 9.18. The van der Waals surface area contributed by atoms with Crippen molar-refractivity contribution in [3.8, 4) is 16.9 Å². The van der Waals surface area contributed by atoms with E-state index in [1.807, 2.05) is 44.2 Å². The lowest BCUT2D eigenvalue weighted by atomic mass is 9.98. The van der Waals surface area contributed by atoms with Crippen molar-refractivity contribution in [2.75, 3.05) is 5.32 Å². The van der Waals surface area contributed by atoms with E-state index in [0.717, 1.165) is 16.7 Å². The second-order valence-electron chi connectivity index (χ2n) is 6.75. The van der Waals surface area contributed by atoms with Crippen LogP contribution >= 0.6 is 12.2 Å². The molecule has 0 bridgehead atoms. The van der Waals surface area contributed by atoms with Gasteiger partial charge in [0.25, 0.3) is 0 Å². The molecule has 4 N–H and O–H groups in total. The SMILES string of the molecule is Cc1ccc(-c2cccc(/C=N\NC(=S)Nc3ccc(C(=O)O)cc3)c2O)cc1C. The predicted octanol–water partition coefficient (Wildman–Crippen LogP) is 4.69. The van der Waals surface area contributed by atoms with Crippen molar-refractivity contribution in [1.82, 2.24) is 5.43 Å². The Bertz CT molecular complexity index is 1130. The van der Waals surface area contributed by atoms with Gasteiger partial charge in [-0.05, 0) is 73.1 Å². The fourth-order valence-corrected chi connectivity index (χ4v) is 2.99. The molecule has 0 aliphatic carbocycles. The van der Waals surface area contributed by atoms with Gasteiger partial charge >= 0.3 is 5.97 Å². The Balaban J connectivity index is 1.68. The number of phenolic OH excluding ortho intramolecular Hbond substituents is 1. The molecule has 7 heteroatoms. The number of aromatic carboxylic acids is 1. The maximum absolute atomic E-state index is 10.9. The van der Waals surface area contributed by atoms with Gasteiger partial charge < -0.3 is 15.5 Å². The second kappa shape index (κ2) is 9.19. The third kappa shape index (κ3) is 5.01. The van der Waals surface area contributed by atoms with Crippen LogP contribution in [0.4, 0.5) is 5.69 Å². The number of anilines is 1. The zero-order valence-electron chi connectivity index (χ0n) is 16.5. The molecule has 0 spiro atoms. The minimum absolute atomic E-state index is 0.134. The number of thiocarbonyl (C=S) groups is 1. The minimum Gasteiger partial charge on any atom is -0.507 e. The van der Waals surface area contributed by atoms with E-state index in [0.29, 0.717) is 11.3 Å². The number of nitrogens with zero attached hydrogens (tertiary/aromatic N) is 1. The van der Waals surface area contributed by atoms with Gasteiger partial charge in [-0.15, -0.1) is 0 Å². The number of carbonyl (C=O) groups is 1. The van der Waals surface area contributed by atoms with Crippen LogP contribution in [0.2, 0.25) is 0 Å². The predicted molar refractivity (Wildman–Crippen MR) is 123 cm³/mol. The Morgan fingerprint density at radius 2 is 1.77 bits per heavy atom. The summed E-state index contributed by atoms with van der Waals surface area (Å²) >= 11 is 5.18. The van der Waals surface area contributed by atoms with E-state index in [2.05, 4.69) is 15.8 Å². The molecule has 0 unspecified atom stereocenters. The lowest BCUT2D eigenvalue weighted by molar-refractivity contribution is 0.0697. The van der Waals surface area contributed by atoms with E-state index >= 15 is 0 Å². The van der Waals surface area contributed by atoms with Crippen LogP contribution in [0.5, 0.6) is 5.75 Å². The van der Waals surface area contributed by atoms with Crippen molar-refractivity contribution in [2.45, 2.75) is 13.8 Å². The largest absolute Gasteiger partial charge is 0.507 e. The minimum atomic E-state index is -0.991. The number of aryl methyl sites for hydroxylation is 2. The number of nitrogens with one attached hydrogen (secondary N) is 2. The summed E-state index contributed by atoms with van der Waals surface area (Å²) in [7, 11) is 0. The highest BCUT2D eigenvalue weighted by molar-refractivity contribution is 7.80. The molecule has 30 heavy (non-hydrogen) atoms. The average Bonchev–Trinajstić information content (AvgIpc) is 2.72. The number of hydrazone groups is 1. The lowest BCUT2D eigenvalue weighted by Crippen LogP contribution is -2.23. The molecule has 3 aromatic rings. The molecular formula is C23H21N3O3S. The standard InChI is InChI=1S/C23H21N3O3S/c1-14-6-7-17(12-15(14)2)20-5-3-4-18(21(20)27)13-24-26-23(30)25-19-10-8-16(9-11-19)22(28)29/h3-13,27H,1-2H3,(H,28,29)(H2,25,26,30)/b24-13-. The Hall–Kier alpha value is -3.71. The Kier molecular flexibility index (Phi) is 6.44. The summed E-state index contributed by atoms with van der Waals surface area (Å²) in [4.78, 5) is 10.9. The number of carboxylic acid groups (broad SMARTS) is 1. The van der Waals surface area contributed by atoms with Crippen molar-refractivity contribution in [1.29, 1.82) is 0 Å². The van der Waals surface area contributed by atoms with E-state index in [1.165, 1.54) is 23.9 Å².